The molecule has 5 nitrogen and oxygen atoms in total. The Labute approximate surface area is 131 Å². The van der Waals surface area contributed by atoms with Gasteiger partial charge in [-0.2, -0.15) is 0 Å². The minimum atomic E-state index is -0.447. The molecule has 1 aromatic carbocycles. The third kappa shape index (κ3) is 4.76. The Bertz CT molecular complexity index is 527. The summed E-state index contributed by atoms with van der Waals surface area (Å²) < 4.78 is 0. The van der Waals surface area contributed by atoms with Crippen LogP contribution in [0, 0.1) is 5.41 Å². The van der Waals surface area contributed by atoms with E-state index in [1.54, 1.807) is 24.3 Å². The third-order valence-electron chi connectivity index (χ3n) is 4.37. The number of urea groups is 1. The van der Waals surface area contributed by atoms with Crippen LogP contribution in [0.2, 0.25) is 0 Å². The van der Waals surface area contributed by atoms with Crippen molar-refractivity contribution >= 4 is 11.9 Å². The Kier molecular flexibility index (Phi) is 5.06. The summed E-state index contributed by atoms with van der Waals surface area (Å²) in [6.07, 6.45) is 4.36. The first kappa shape index (κ1) is 16.3. The van der Waals surface area contributed by atoms with E-state index in [1.807, 2.05) is 0 Å². The van der Waals surface area contributed by atoms with Crippen molar-refractivity contribution in [2.75, 3.05) is 0 Å². The average molecular weight is 303 g/mol. The van der Waals surface area contributed by atoms with Gasteiger partial charge in [-0.15, -0.1) is 0 Å². The maximum Gasteiger partial charge on any atom is 0.315 e. The second kappa shape index (κ2) is 6.81. The molecule has 0 radical (unpaired) electrons. The third-order valence-corrected chi connectivity index (χ3v) is 4.37. The van der Waals surface area contributed by atoms with Crippen molar-refractivity contribution in [1.29, 1.82) is 0 Å². The Morgan fingerprint density at radius 1 is 1.18 bits per heavy atom. The molecule has 22 heavy (non-hydrogen) atoms. The lowest BCUT2D eigenvalue weighted by molar-refractivity contribution is 0.1000. The molecular weight excluding hydrogens is 278 g/mol. The monoisotopic (exact) mass is 303 g/mol. The van der Waals surface area contributed by atoms with Crippen LogP contribution in [0.5, 0.6) is 0 Å². The summed E-state index contributed by atoms with van der Waals surface area (Å²) in [6.45, 7) is 4.99. The molecule has 0 spiro atoms. The van der Waals surface area contributed by atoms with Gasteiger partial charge in [-0.25, -0.2) is 4.79 Å². The lowest BCUT2D eigenvalue weighted by atomic mass is 9.76. The van der Waals surface area contributed by atoms with Gasteiger partial charge in [0.15, 0.2) is 0 Å². The second-order valence-corrected chi connectivity index (χ2v) is 6.83. The van der Waals surface area contributed by atoms with Gasteiger partial charge in [0.1, 0.15) is 0 Å². The van der Waals surface area contributed by atoms with Crippen LogP contribution in [0.15, 0.2) is 24.3 Å². The van der Waals surface area contributed by atoms with Crippen LogP contribution < -0.4 is 16.4 Å². The largest absolute Gasteiger partial charge is 0.366 e. The first-order valence-corrected chi connectivity index (χ1v) is 7.79. The minimum Gasteiger partial charge on any atom is -0.366 e. The topological polar surface area (TPSA) is 84.2 Å². The van der Waals surface area contributed by atoms with Gasteiger partial charge < -0.3 is 16.4 Å². The number of nitrogens with two attached hydrogens (primary N) is 1. The average Bonchev–Trinajstić information content (AvgIpc) is 2.48. The fourth-order valence-corrected chi connectivity index (χ4v) is 2.75. The molecule has 1 aromatic rings. The molecule has 0 atom stereocenters. The van der Waals surface area contributed by atoms with Gasteiger partial charge in [0.25, 0.3) is 0 Å². The lowest BCUT2D eigenvalue weighted by Crippen LogP contribution is -2.44. The molecule has 0 unspecified atom stereocenters. The number of benzene rings is 1. The van der Waals surface area contributed by atoms with E-state index >= 15 is 0 Å². The molecule has 0 bridgehead atoms. The van der Waals surface area contributed by atoms with Gasteiger partial charge in [0.05, 0.1) is 0 Å². The number of hydrogen-bond donors (Lipinski definition) is 3. The summed E-state index contributed by atoms with van der Waals surface area (Å²) in [5, 5.41) is 5.88. The lowest BCUT2D eigenvalue weighted by Gasteiger charge is -2.34. The number of amides is 3. The van der Waals surface area contributed by atoms with Crippen molar-refractivity contribution in [2.24, 2.45) is 11.1 Å². The van der Waals surface area contributed by atoms with Crippen LogP contribution >= 0.6 is 0 Å². The maximum absolute atomic E-state index is 11.9. The molecule has 0 heterocycles. The van der Waals surface area contributed by atoms with Crippen molar-refractivity contribution < 1.29 is 9.59 Å². The smallest absolute Gasteiger partial charge is 0.315 e. The van der Waals surface area contributed by atoms with Gasteiger partial charge in [-0.3, -0.25) is 4.79 Å². The van der Waals surface area contributed by atoms with E-state index in [2.05, 4.69) is 24.5 Å². The van der Waals surface area contributed by atoms with Crippen LogP contribution in [-0.4, -0.2) is 18.0 Å². The Hall–Kier alpha value is -2.04. The molecule has 0 aliphatic heterocycles. The highest BCUT2D eigenvalue weighted by molar-refractivity contribution is 5.92. The van der Waals surface area contributed by atoms with Crippen LogP contribution in [0.4, 0.5) is 4.79 Å². The van der Waals surface area contributed by atoms with E-state index < -0.39 is 5.91 Å². The standard InChI is InChI=1S/C17H25N3O2/c1-17(2)9-7-14(8-10-17)20-16(22)19-11-12-3-5-13(6-4-12)15(18)21/h3-6,14H,7-11H2,1-2H3,(H2,18,21)(H2,19,20,22). The van der Waals surface area contributed by atoms with Crippen molar-refractivity contribution in [1.82, 2.24) is 10.6 Å². The van der Waals surface area contributed by atoms with E-state index in [4.69, 9.17) is 5.73 Å². The Balaban J connectivity index is 1.75. The van der Waals surface area contributed by atoms with Crippen LogP contribution in [0.25, 0.3) is 0 Å². The SMILES string of the molecule is CC1(C)CCC(NC(=O)NCc2ccc(C(N)=O)cc2)CC1. The quantitative estimate of drug-likeness (QED) is 0.798. The number of hydrogen-bond acceptors (Lipinski definition) is 2. The number of nitrogens with one attached hydrogen (secondary N) is 2. The fraction of sp³-hybridized carbons (Fsp3) is 0.529. The Morgan fingerprint density at radius 3 is 2.32 bits per heavy atom. The van der Waals surface area contributed by atoms with Gasteiger partial charge in [0.2, 0.25) is 5.91 Å². The maximum atomic E-state index is 11.9. The van der Waals surface area contributed by atoms with E-state index in [0.717, 1.165) is 31.2 Å². The van der Waals surface area contributed by atoms with Crippen LogP contribution in [0.1, 0.15) is 55.5 Å². The first-order chi connectivity index (χ1) is 10.4. The van der Waals surface area contributed by atoms with Crippen molar-refractivity contribution in [3.63, 3.8) is 0 Å². The van der Waals surface area contributed by atoms with Gasteiger partial charge in [-0.1, -0.05) is 26.0 Å². The summed E-state index contributed by atoms with van der Waals surface area (Å²) in [6, 6.07) is 7.06. The van der Waals surface area contributed by atoms with E-state index in [0.29, 0.717) is 17.5 Å². The zero-order valence-corrected chi connectivity index (χ0v) is 13.3. The van der Waals surface area contributed by atoms with Crippen LogP contribution in [-0.2, 0) is 6.54 Å². The molecule has 0 aromatic heterocycles. The van der Waals surface area contributed by atoms with E-state index in [9.17, 15) is 9.59 Å². The van der Waals surface area contributed by atoms with Crippen molar-refractivity contribution in [3.05, 3.63) is 35.4 Å². The molecule has 1 aliphatic carbocycles. The molecule has 4 N–H and O–H groups in total. The molecule has 1 fully saturated rings. The highest BCUT2D eigenvalue weighted by atomic mass is 16.2. The fourth-order valence-electron chi connectivity index (χ4n) is 2.75. The van der Waals surface area contributed by atoms with E-state index in [1.165, 1.54) is 0 Å². The molecule has 3 amide bonds. The summed E-state index contributed by atoms with van der Waals surface area (Å²) in [7, 11) is 0. The molecular formula is C17H25N3O2. The van der Waals surface area contributed by atoms with Crippen LogP contribution in [0.3, 0.4) is 0 Å². The summed E-state index contributed by atoms with van der Waals surface area (Å²) >= 11 is 0. The molecule has 1 saturated carbocycles. The molecule has 120 valence electrons. The van der Waals surface area contributed by atoms with E-state index in [-0.39, 0.29) is 12.1 Å². The molecule has 2 rings (SSSR count). The number of rotatable bonds is 4. The number of carbonyl (C=O) groups excluding carboxylic acids is 2. The normalized spacial score (nSPS) is 17.7. The minimum absolute atomic E-state index is 0.135. The second-order valence-electron chi connectivity index (χ2n) is 6.83. The molecule has 0 saturated heterocycles. The predicted molar refractivity (Wildman–Crippen MR) is 86.4 cm³/mol. The van der Waals surface area contributed by atoms with Crippen molar-refractivity contribution in [2.45, 2.75) is 52.1 Å². The van der Waals surface area contributed by atoms with Gasteiger partial charge in [-0.05, 0) is 48.8 Å². The highest BCUT2D eigenvalue weighted by Crippen LogP contribution is 2.34. The summed E-state index contributed by atoms with van der Waals surface area (Å²) in [4.78, 5) is 22.9. The predicted octanol–water partition coefficient (Wildman–Crippen LogP) is 2.55. The van der Waals surface area contributed by atoms with Crippen molar-refractivity contribution in [3.8, 4) is 0 Å². The zero-order chi connectivity index (χ0) is 16.2. The zero-order valence-electron chi connectivity index (χ0n) is 13.3. The Morgan fingerprint density at radius 2 is 1.77 bits per heavy atom. The van der Waals surface area contributed by atoms with Gasteiger partial charge >= 0.3 is 6.03 Å². The van der Waals surface area contributed by atoms with Gasteiger partial charge in [0, 0.05) is 18.2 Å². The first-order valence-electron chi connectivity index (χ1n) is 7.79. The number of primary amides is 1. The highest BCUT2D eigenvalue weighted by Gasteiger charge is 2.27. The summed E-state index contributed by atoms with van der Waals surface area (Å²) in [5.41, 5.74) is 7.00. The molecule has 1 aliphatic rings. The molecule has 5 heteroatoms. The number of carbonyl (C=O) groups is 2. The summed E-state index contributed by atoms with van der Waals surface area (Å²) in [5.74, 6) is -0.447.